The molecule has 0 aliphatic heterocycles. The first kappa shape index (κ1) is 27.9. The molecule has 38 heavy (non-hydrogen) atoms. The van der Waals surface area contributed by atoms with Crippen LogP contribution in [0.4, 0.5) is 0 Å². The van der Waals surface area contributed by atoms with Crippen LogP contribution >= 0.6 is 23.2 Å². The second kappa shape index (κ2) is 12.1. The molecule has 10 heteroatoms. The lowest BCUT2D eigenvalue weighted by atomic mass is 10.0. The van der Waals surface area contributed by atoms with Gasteiger partial charge in [0.2, 0.25) is 10.0 Å². The Morgan fingerprint density at radius 3 is 2.50 bits per heavy atom. The first-order valence-electron chi connectivity index (χ1n) is 11.7. The number of para-hydroxylation sites is 1. The quantitative estimate of drug-likeness (QED) is 0.189. The van der Waals surface area contributed by atoms with E-state index in [9.17, 15) is 13.2 Å². The van der Waals surface area contributed by atoms with E-state index in [4.69, 9.17) is 32.7 Å². The van der Waals surface area contributed by atoms with Crippen LogP contribution < -0.4 is 9.46 Å². The number of esters is 1. The summed E-state index contributed by atoms with van der Waals surface area (Å²) in [6.45, 7) is 1.93. The highest BCUT2D eigenvalue weighted by Gasteiger charge is 2.23. The van der Waals surface area contributed by atoms with Crippen LogP contribution in [0, 0.1) is 6.92 Å². The molecule has 0 fully saturated rings. The monoisotopic (exact) mass is 572 g/mol. The number of sulfonamides is 1. The Bertz CT molecular complexity index is 1590. The summed E-state index contributed by atoms with van der Waals surface area (Å²) in [6.07, 6.45) is 0. The van der Waals surface area contributed by atoms with Gasteiger partial charge in [-0.3, -0.25) is 0 Å². The van der Waals surface area contributed by atoms with Crippen LogP contribution in [0.25, 0.3) is 10.9 Å². The Kier molecular flexibility index (Phi) is 8.89. The van der Waals surface area contributed by atoms with Gasteiger partial charge in [-0.25, -0.2) is 22.9 Å². The third kappa shape index (κ3) is 6.10. The smallest absolute Gasteiger partial charge is 0.337 e. The summed E-state index contributed by atoms with van der Waals surface area (Å²) in [4.78, 5) is 16.5. The van der Waals surface area contributed by atoms with Crippen LogP contribution in [0.3, 0.4) is 0 Å². The van der Waals surface area contributed by atoms with E-state index in [1.54, 1.807) is 30.3 Å². The molecule has 0 saturated heterocycles. The zero-order valence-electron chi connectivity index (χ0n) is 20.8. The van der Waals surface area contributed by atoms with Crippen molar-refractivity contribution in [3.8, 4) is 5.75 Å². The first-order chi connectivity index (χ1) is 18.3. The third-order valence-corrected chi connectivity index (χ3v) is 8.10. The fraction of sp³-hybridized carbons (Fsp3) is 0.214. The zero-order valence-corrected chi connectivity index (χ0v) is 23.2. The van der Waals surface area contributed by atoms with Gasteiger partial charge in [0.1, 0.15) is 17.9 Å². The third-order valence-electron chi connectivity index (χ3n) is 6.06. The van der Waals surface area contributed by atoms with E-state index in [-0.39, 0.29) is 29.8 Å². The van der Waals surface area contributed by atoms with Gasteiger partial charge in [0.25, 0.3) is 0 Å². The number of carbonyl (C=O) groups is 1. The van der Waals surface area contributed by atoms with Gasteiger partial charge >= 0.3 is 5.97 Å². The van der Waals surface area contributed by atoms with Gasteiger partial charge in [0, 0.05) is 29.4 Å². The number of rotatable bonds is 10. The van der Waals surface area contributed by atoms with Crippen molar-refractivity contribution in [2.24, 2.45) is 0 Å². The van der Waals surface area contributed by atoms with E-state index in [2.05, 4.69) is 9.71 Å². The standard InChI is InChI=1S/C28H26Cl2N2O5S/c1-18-9-10-20-6-4-8-25(27(20)32-18)37-17-24-22(14-29)11-12-26(23(24)15-30)38(34,35)31-16-19-5-3-7-21(13-19)28(33)36-2/h3-13,31H,14-17H2,1-2H3. The molecule has 4 aromatic rings. The number of nitrogens with zero attached hydrogens (tertiary/aromatic N) is 1. The molecular weight excluding hydrogens is 547 g/mol. The lowest BCUT2D eigenvalue weighted by Crippen LogP contribution is -2.25. The van der Waals surface area contributed by atoms with E-state index < -0.39 is 16.0 Å². The predicted octanol–water partition coefficient (Wildman–Crippen LogP) is 5.86. The lowest BCUT2D eigenvalue weighted by Gasteiger charge is -2.18. The number of benzene rings is 3. The molecule has 1 N–H and O–H groups in total. The number of ether oxygens (including phenoxy) is 2. The summed E-state index contributed by atoms with van der Waals surface area (Å²) in [5.41, 5.74) is 4.23. The van der Waals surface area contributed by atoms with Crippen LogP contribution in [0.2, 0.25) is 0 Å². The summed E-state index contributed by atoms with van der Waals surface area (Å²) in [7, 11) is -2.69. The van der Waals surface area contributed by atoms with Crippen LogP contribution in [-0.4, -0.2) is 26.5 Å². The minimum atomic E-state index is -3.97. The number of pyridine rings is 1. The summed E-state index contributed by atoms with van der Waals surface area (Å²) < 4.78 is 40.2. The predicted molar refractivity (Wildman–Crippen MR) is 148 cm³/mol. The Balaban J connectivity index is 1.63. The number of hydrogen-bond donors (Lipinski definition) is 1. The molecule has 0 saturated carbocycles. The molecule has 198 valence electrons. The van der Waals surface area contributed by atoms with E-state index in [1.165, 1.54) is 13.2 Å². The zero-order chi connectivity index (χ0) is 27.3. The molecular formula is C28H26Cl2N2O5S. The lowest BCUT2D eigenvalue weighted by molar-refractivity contribution is 0.0600. The normalized spacial score (nSPS) is 11.5. The molecule has 0 atom stereocenters. The number of fused-ring (bicyclic) bond motifs is 1. The van der Waals surface area contributed by atoms with Crippen LogP contribution in [0.5, 0.6) is 5.75 Å². The SMILES string of the molecule is COC(=O)c1cccc(CNS(=O)(=O)c2ccc(CCl)c(COc3cccc4ccc(C)nc34)c2CCl)c1. The number of carbonyl (C=O) groups excluding carboxylic acids is 1. The summed E-state index contributed by atoms with van der Waals surface area (Å²) in [5, 5.41) is 0.931. The fourth-order valence-corrected chi connectivity index (χ4v) is 6.00. The molecule has 3 aromatic carbocycles. The first-order valence-corrected chi connectivity index (χ1v) is 14.2. The van der Waals surface area contributed by atoms with Gasteiger partial charge in [-0.15, -0.1) is 23.2 Å². The molecule has 4 rings (SSSR count). The van der Waals surface area contributed by atoms with Crippen LogP contribution in [0.15, 0.2) is 71.6 Å². The van der Waals surface area contributed by atoms with Crippen molar-refractivity contribution in [2.75, 3.05) is 7.11 Å². The Morgan fingerprint density at radius 2 is 1.76 bits per heavy atom. The molecule has 0 amide bonds. The number of alkyl halides is 2. The second-order valence-corrected chi connectivity index (χ2v) is 10.8. The number of halogens is 2. The maximum absolute atomic E-state index is 13.4. The van der Waals surface area contributed by atoms with Gasteiger partial charge in [-0.1, -0.05) is 36.4 Å². The average Bonchev–Trinajstić information content (AvgIpc) is 2.94. The van der Waals surface area contributed by atoms with E-state index in [1.807, 2.05) is 37.3 Å². The number of hydrogen-bond acceptors (Lipinski definition) is 6. The van der Waals surface area contributed by atoms with E-state index >= 15 is 0 Å². The van der Waals surface area contributed by atoms with Crippen molar-refractivity contribution in [3.05, 3.63) is 100 Å². The fourth-order valence-electron chi connectivity index (χ4n) is 4.09. The topological polar surface area (TPSA) is 94.6 Å². The summed E-state index contributed by atoms with van der Waals surface area (Å²) >= 11 is 12.5. The molecule has 0 radical (unpaired) electrons. The molecule has 0 spiro atoms. The van der Waals surface area contributed by atoms with Gasteiger partial charge in [0.15, 0.2) is 0 Å². The van der Waals surface area contributed by atoms with Gasteiger partial charge in [-0.2, -0.15) is 0 Å². The van der Waals surface area contributed by atoms with Gasteiger partial charge < -0.3 is 9.47 Å². The van der Waals surface area contributed by atoms with Crippen molar-refractivity contribution >= 4 is 50.1 Å². The Labute approximate surface area is 231 Å². The minimum Gasteiger partial charge on any atom is -0.487 e. The molecule has 1 aromatic heterocycles. The van der Waals surface area contributed by atoms with Crippen LogP contribution in [-0.2, 0) is 39.7 Å². The van der Waals surface area contributed by atoms with Crippen molar-refractivity contribution in [3.63, 3.8) is 0 Å². The Hall–Kier alpha value is -3.17. The number of aryl methyl sites for hydroxylation is 1. The molecule has 1 heterocycles. The Morgan fingerprint density at radius 1 is 0.974 bits per heavy atom. The average molecular weight is 573 g/mol. The molecule has 0 aliphatic carbocycles. The van der Waals surface area contributed by atoms with Crippen molar-refractivity contribution in [2.45, 2.75) is 36.7 Å². The largest absolute Gasteiger partial charge is 0.487 e. The maximum Gasteiger partial charge on any atom is 0.337 e. The highest BCUT2D eigenvalue weighted by Crippen LogP contribution is 2.30. The minimum absolute atomic E-state index is 0.0288. The maximum atomic E-state index is 13.4. The molecule has 0 bridgehead atoms. The molecule has 7 nitrogen and oxygen atoms in total. The number of aromatic nitrogens is 1. The van der Waals surface area contributed by atoms with Gasteiger partial charge in [0.05, 0.1) is 17.6 Å². The number of nitrogens with one attached hydrogen (secondary N) is 1. The second-order valence-electron chi connectivity index (χ2n) is 8.53. The molecule has 0 aliphatic rings. The highest BCUT2D eigenvalue weighted by atomic mass is 35.5. The van der Waals surface area contributed by atoms with E-state index in [0.717, 1.165) is 16.6 Å². The summed E-state index contributed by atoms with van der Waals surface area (Å²) in [6, 6.07) is 19.2. The van der Waals surface area contributed by atoms with Crippen molar-refractivity contribution in [1.82, 2.24) is 9.71 Å². The van der Waals surface area contributed by atoms with E-state index in [0.29, 0.717) is 33.5 Å². The highest BCUT2D eigenvalue weighted by molar-refractivity contribution is 7.89. The van der Waals surface area contributed by atoms with Crippen LogP contribution in [0.1, 0.15) is 38.3 Å². The van der Waals surface area contributed by atoms with Gasteiger partial charge in [-0.05, 0) is 59.5 Å². The van der Waals surface area contributed by atoms with Crippen molar-refractivity contribution < 1.29 is 22.7 Å². The molecule has 0 unspecified atom stereocenters. The van der Waals surface area contributed by atoms with Crippen molar-refractivity contribution in [1.29, 1.82) is 0 Å². The summed E-state index contributed by atoms with van der Waals surface area (Å²) in [5.74, 6) is 0.162. The number of methoxy groups -OCH3 is 1.